The van der Waals surface area contributed by atoms with Crippen LogP contribution in [0.3, 0.4) is 0 Å². The standard InChI is InChI=1S/C15H16BrN5O4/c1-15(2,3)12-6-11(18-19-12)14(23)20-17-7-8-4-9(21(24)25)5-10(16)13(8)22/h4-7,22H,1-3H3,(H,18,19)(H,20,23)/b17-7-. The largest absolute Gasteiger partial charge is 0.506 e. The molecular formula is C15H16BrN5O4. The molecule has 0 atom stereocenters. The van der Waals surface area contributed by atoms with Gasteiger partial charge in [0.15, 0.2) is 5.69 Å². The van der Waals surface area contributed by atoms with Gasteiger partial charge in [-0.25, -0.2) is 5.43 Å². The first-order valence-corrected chi connectivity index (χ1v) is 7.95. The molecule has 10 heteroatoms. The summed E-state index contributed by atoms with van der Waals surface area (Å²) in [5.41, 5.74) is 2.89. The Balaban J connectivity index is 2.14. The molecule has 0 aliphatic carbocycles. The number of benzene rings is 1. The lowest BCUT2D eigenvalue weighted by Gasteiger charge is -2.14. The Kier molecular flexibility index (Phi) is 5.21. The topological polar surface area (TPSA) is 134 Å². The van der Waals surface area contributed by atoms with Crippen molar-refractivity contribution in [3.8, 4) is 5.75 Å². The maximum absolute atomic E-state index is 12.0. The van der Waals surface area contributed by atoms with E-state index in [4.69, 9.17) is 0 Å². The van der Waals surface area contributed by atoms with Crippen molar-refractivity contribution in [3.05, 3.63) is 49.7 Å². The van der Waals surface area contributed by atoms with E-state index in [1.807, 2.05) is 20.8 Å². The first-order chi connectivity index (χ1) is 11.6. The van der Waals surface area contributed by atoms with Crippen LogP contribution in [-0.2, 0) is 5.41 Å². The Bertz CT molecular complexity index is 854. The van der Waals surface area contributed by atoms with Gasteiger partial charge < -0.3 is 5.11 Å². The van der Waals surface area contributed by atoms with Gasteiger partial charge in [-0.3, -0.25) is 20.0 Å². The number of aromatic amines is 1. The second-order valence-corrected chi connectivity index (χ2v) is 7.09. The number of aromatic nitrogens is 2. The summed E-state index contributed by atoms with van der Waals surface area (Å²) in [5, 5.41) is 31.1. The van der Waals surface area contributed by atoms with Crippen molar-refractivity contribution in [2.75, 3.05) is 0 Å². The van der Waals surface area contributed by atoms with Crippen molar-refractivity contribution in [1.82, 2.24) is 15.6 Å². The molecule has 1 heterocycles. The fourth-order valence-corrected chi connectivity index (χ4v) is 2.31. The number of nitro groups is 1. The summed E-state index contributed by atoms with van der Waals surface area (Å²) < 4.78 is 0.150. The highest BCUT2D eigenvalue weighted by molar-refractivity contribution is 9.10. The van der Waals surface area contributed by atoms with E-state index in [0.29, 0.717) is 0 Å². The maximum Gasteiger partial charge on any atom is 0.291 e. The third-order valence-corrected chi connectivity index (χ3v) is 3.88. The smallest absolute Gasteiger partial charge is 0.291 e. The highest BCUT2D eigenvalue weighted by Gasteiger charge is 2.19. The first-order valence-electron chi connectivity index (χ1n) is 7.16. The fourth-order valence-electron chi connectivity index (χ4n) is 1.85. The first kappa shape index (κ1) is 18.6. The van der Waals surface area contributed by atoms with Crippen LogP contribution in [0.5, 0.6) is 5.75 Å². The van der Waals surface area contributed by atoms with E-state index < -0.39 is 10.8 Å². The zero-order valence-corrected chi connectivity index (χ0v) is 15.3. The minimum Gasteiger partial charge on any atom is -0.506 e. The molecule has 0 spiro atoms. The second kappa shape index (κ2) is 7.01. The van der Waals surface area contributed by atoms with Crippen LogP contribution in [0, 0.1) is 10.1 Å². The molecule has 3 N–H and O–H groups in total. The SMILES string of the molecule is CC(C)(C)c1cc(C(=O)N/N=C\c2cc([N+](=O)[O-])cc(Br)c2O)n[nH]1. The molecule has 0 fully saturated rings. The molecule has 9 nitrogen and oxygen atoms in total. The zero-order valence-electron chi connectivity index (χ0n) is 13.7. The molecule has 1 aromatic heterocycles. The van der Waals surface area contributed by atoms with Crippen molar-refractivity contribution in [1.29, 1.82) is 0 Å². The van der Waals surface area contributed by atoms with Crippen molar-refractivity contribution in [2.45, 2.75) is 26.2 Å². The van der Waals surface area contributed by atoms with Gasteiger partial charge in [0.1, 0.15) is 5.75 Å². The van der Waals surface area contributed by atoms with E-state index in [-0.39, 0.29) is 32.6 Å². The quantitative estimate of drug-likeness (QED) is 0.405. The molecule has 25 heavy (non-hydrogen) atoms. The lowest BCUT2D eigenvalue weighted by Crippen LogP contribution is -2.18. The zero-order chi connectivity index (χ0) is 18.8. The van der Waals surface area contributed by atoms with Crippen LogP contribution >= 0.6 is 15.9 Å². The van der Waals surface area contributed by atoms with E-state index in [1.54, 1.807) is 6.07 Å². The van der Waals surface area contributed by atoms with Crippen molar-refractivity contribution < 1.29 is 14.8 Å². The van der Waals surface area contributed by atoms with Crippen LogP contribution in [0.1, 0.15) is 42.5 Å². The van der Waals surface area contributed by atoms with Gasteiger partial charge in [-0.2, -0.15) is 10.2 Å². The number of nitro benzene ring substituents is 1. The van der Waals surface area contributed by atoms with Gasteiger partial charge in [0.05, 0.1) is 15.6 Å². The molecule has 2 rings (SSSR count). The monoisotopic (exact) mass is 409 g/mol. The summed E-state index contributed by atoms with van der Waals surface area (Å²) in [4.78, 5) is 22.3. The molecule has 0 saturated carbocycles. The molecular weight excluding hydrogens is 394 g/mol. The van der Waals surface area contributed by atoms with Crippen LogP contribution in [0.25, 0.3) is 0 Å². The number of hydrogen-bond acceptors (Lipinski definition) is 6. The molecule has 0 bridgehead atoms. The molecule has 132 valence electrons. The summed E-state index contributed by atoms with van der Waals surface area (Å²) in [7, 11) is 0. The highest BCUT2D eigenvalue weighted by Crippen LogP contribution is 2.31. The van der Waals surface area contributed by atoms with Gasteiger partial charge in [0.25, 0.3) is 11.6 Å². The third-order valence-electron chi connectivity index (χ3n) is 3.28. The van der Waals surface area contributed by atoms with E-state index in [2.05, 4.69) is 36.7 Å². The molecule has 1 amide bonds. The molecule has 0 aliphatic heterocycles. The van der Waals surface area contributed by atoms with Gasteiger partial charge in [-0.15, -0.1) is 0 Å². The van der Waals surface area contributed by atoms with E-state index >= 15 is 0 Å². The van der Waals surface area contributed by atoms with E-state index in [9.17, 15) is 20.0 Å². The van der Waals surface area contributed by atoms with Crippen LogP contribution in [-0.4, -0.2) is 32.3 Å². The Hall–Kier alpha value is -2.75. The Morgan fingerprint density at radius 3 is 2.68 bits per heavy atom. The molecule has 1 aromatic carbocycles. The van der Waals surface area contributed by atoms with Crippen molar-refractivity contribution >= 4 is 33.7 Å². The number of aromatic hydroxyl groups is 1. The Labute approximate surface area is 151 Å². The predicted molar refractivity (Wildman–Crippen MR) is 94.8 cm³/mol. The van der Waals surface area contributed by atoms with Crippen molar-refractivity contribution in [3.63, 3.8) is 0 Å². The highest BCUT2D eigenvalue weighted by atomic mass is 79.9. The second-order valence-electron chi connectivity index (χ2n) is 6.24. The predicted octanol–water partition coefficient (Wildman–Crippen LogP) is 2.85. The van der Waals surface area contributed by atoms with E-state index in [1.165, 1.54) is 6.07 Å². The average molecular weight is 410 g/mol. The fraction of sp³-hybridized carbons (Fsp3) is 0.267. The number of H-pyrrole nitrogens is 1. The lowest BCUT2D eigenvalue weighted by molar-refractivity contribution is -0.385. The third kappa shape index (κ3) is 4.41. The lowest BCUT2D eigenvalue weighted by atomic mass is 9.92. The van der Waals surface area contributed by atoms with Crippen molar-refractivity contribution in [2.24, 2.45) is 5.10 Å². The number of non-ortho nitro benzene ring substituents is 1. The number of phenols is 1. The summed E-state index contributed by atoms with van der Waals surface area (Å²) in [6.45, 7) is 5.93. The Morgan fingerprint density at radius 2 is 2.12 bits per heavy atom. The number of nitrogens with zero attached hydrogens (tertiary/aromatic N) is 3. The summed E-state index contributed by atoms with van der Waals surface area (Å²) >= 11 is 3.03. The average Bonchev–Trinajstić information content (AvgIpc) is 3.01. The summed E-state index contributed by atoms with van der Waals surface area (Å²) in [6.07, 6.45) is 1.11. The number of halogens is 1. The summed E-state index contributed by atoms with van der Waals surface area (Å²) in [6, 6.07) is 3.93. The molecule has 0 unspecified atom stereocenters. The van der Waals surface area contributed by atoms with Crippen LogP contribution < -0.4 is 5.43 Å². The van der Waals surface area contributed by atoms with Crippen LogP contribution in [0.2, 0.25) is 0 Å². The van der Waals surface area contributed by atoms with Crippen LogP contribution in [0.4, 0.5) is 5.69 Å². The minimum atomic E-state index is -0.599. The number of carbonyl (C=O) groups is 1. The number of amides is 1. The number of hydrogen-bond donors (Lipinski definition) is 3. The van der Waals surface area contributed by atoms with Gasteiger partial charge in [-0.1, -0.05) is 20.8 Å². The van der Waals surface area contributed by atoms with Gasteiger partial charge in [0.2, 0.25) is 0 Å². The van der Waals surface area contributed by atoms with E-state index in [0.717, 1.165) is 18.0 Å². The number of carbonyl (C=O) groups excluding carboxylic acids is 1. The number of hydrazone groups is 1. The number of rotatable bonds is 4. The molecule has 0 aliphatic rings. The molecule has 0 saturated heterocycles. The molecule has 2 aromatic rings. The Morgan fingerprint density at radius 1 is 1.44 bits per heavy atom. The number of phenolic OH excluding ortho intramolecular Hbond substituents is 1. The minimum absolute atomic E-state index is 0.0822. The van der Waals surface area contributed by atoms with Gasteiger partial charge in [-0.05, 0) is 22.0 Å². The van der Waals surface area contributed by atoms with Gasteiger partial charge >= 0.3 is 0 Å². The van der Waals surface area contributed by atoms with Crippen LogP contribution in [0.15, 0.2) is 27.8 Å². The number of nitrogens with one attached hydrogen (secondary N) is 2. The normalized spacial score (nSPS) is 11.7. The molecule has 0 radical (unpaired) electrons. The van der Waals surface area contributed by atoms with Gasteiger partial charge in [0, 0.05) is 28.8 Å². The maximum atomic E-state index is 12.0. The summed E-state index contributed by atoms with van der Waals surface area (Å²) in [5.74, 6) is -0.773.